The van der Waals surface area contributed by atoms with E-state index in [4.69, 9.17) is 0 Å². The maximum Gasteiger partial charge on any atom is 0.0701 e. The lowest BCUT2D eigenvalue weighted by Crippen LogP contribution is -2.31. The van der Waals surface area contributed by atoms with E-state index in [0.717, 1.165) is 6.42 Å². The van der Waals surface area contributed by atoms with Crippen LogP contribution in [0.5, 0.6) is 0 Å². The van der Waals surface area contributed by atoms with Crippen LogP contribution in [0.2, 0.25) is 0 Å². The molecule has 0 atom stereocenters. The molecule has 197 valence electrons. The van der Waals surface area contributed by atoms with Gasteiger partial charge in [0.25, 0.3) is 0 Å². The molecule has 1 radical (unpaired) electrons. The smallest absolute Gasteiger partial charge is 0.0701 e. The minimum Gasteiger partial charge on any atom is -0.103 e. The molecule has 0 saturated carbocycles. The Bertz CT molecular complexity index is 1570. The summed E-state index contributed by atoms with van der Waals surface area (Å²) in [7, 11) is 0. The molecule has 0 spiro atoms. The Kier molecular flexibility index (Phi) is 7.74. The van der Waals surface area contributed by atoms with Crippen molar-refractivity contribution in [1.29, 1.82) is 0 Å². The van der Waals surface area contributed by atoms with E-state index in [1.807, 2.05) is 6.08 Å². The van der Waals surface area contributed by atoms with Crippen molar-refractivity contribution in [2.24, 2.45) is 0 Å². The van der Waals surface area contributed by atoms with Crippen LogP contribution in [0.4, 0.5) is 0 Å². The molecule has 0 saturated heterocycles. The molecule has 0 amide bonds. The molecule has 0 aliphatic rings. The van der Waals surface area contributed by atoms with Crippen LogP contribution < -0.4 is 0 Å². The van der Waals surface area contributed by atoms with Crippen LogP contribution in [-0.2, 0) is 11.8 Å². The molecule has 0 bridgehead atoms. The van der Waals surface area contributed by atoms with Crippen LogP contribution in [0, 0.1) is 5.92 Å². The molecule has 0 heterocycles. The van der Waals surface area contributed by atoms with Gasteiger partial charge in [-0.2, -0.15) is 0 Å². The van der Waals surface area contributed by atoms with E-state index in [1.165, 1.54) is 50.4 Å². The Labute approximate surface area is 244 Å². The lowest BCUT2D eigenvalue weighted by molar-refractivity contribution is 0.744. The first kappa shape index (κ1) is 26.3. The van der Waals surface area contributed by atoms with Crippen molar-refractivity contribution in [2.45, 2.75) is 11.8 Å². The molecule has 6 rings (SSSR count). The monoisotopic (exact) mass is 525 g/mol. The summed E-state index contributed by atoms with van der Waals surface area (Å²) < 4.78 is 0. The predicted molar refractivity (Wildman–Crippen MR) is 172 cm³/mol. The first-order valence-corrected chi connectivity index (χ1v) is 14.2. The van der Waals surface area contributed by atoms with Gasteiger partial charge in [-0.1, -0.05) is 176 Å². The molecule has 0 heteroatoms. The molecule has 0 N–H and O–H groups in total. The summed E-state index contributed by atoms with van der Waals surface area (Å²) in [5, 5.41) is 0. The highest BCUT2D eigenvalue weighted by molar-refractivity contribution is 5.62. The van der Waals surface area contributed by atoms with Gasteiger partial charge in [0.1, 0.15) is 0 Å². The van der Waals surface area contributed by atoms with E-state index in [2.05, 4.69) is 176 Å². The first-order chi connectivity index (χ1) is 20.3. The molecular formula is C41H33. The molecule has 0 nitrogen and oxygen atoms in total. The van der Waals surface area contributed by atoms with Crippen LogP contribution in [-0.4, -0.2) is 0 Å². The molecule has 41 heavy (non-hydrogen) atoms. The number of allylic oxidation sites excluding steroid dienone is 1. The van der Waals surface area contributed by atoms with Crippen molar-refractivity contribution in [2.75, 3.05) is 0 Å². The maximum absolute atomic E-state index is 3.90. The minimum absolute atomic E-state index is 0.457. The average molecular weight is 526 g/mol. The summed E-state index contributed by atoms with van der Waals surface area (Å²) in [6.45, 7) is 3.90. The number of hydrogen-bond donors (Lipinski definition) is 0. The Morgan fingerprint density at radius 1 is 0.415 bits per heavy atom. The first-order valence-electron chi connectivity index (χ1n) is 14.2. The van der Waals surface area contributed by atoms with Crippen molar-refractivity contribution in [3.8, 4) is 0 Å². The zero-order valence-electron chi connectivity index (χ0n) is 23.2. The standard InChI is InChI=1S/C41H33/c1-2-15-32-24-26-34(27-25-32)40(33-16-7-3-8-17-33)35-28-30-39(31-29-35)41(36-18-9-4-10-19-36,37-20-11-5-12-21-37)38-22-13-6-14-23-38/h2-14,16-31H,1,15H2. The summed E-state index contributed by atoms with van der Waals surface area (Å²) >= 11 is 0. The number of hydrogen-bond acceptors (Lipinski definition) is 0. The van der Waals surface area contributed by atoms with Crippen LogP contribution in [0.25, 0.3) is 0 Å². The largest absolute Gasteiger partial charge is 0.103 e. The Balaban J connectivity index is 1.53. The van der Waals surface area contributed by atoms with Crippen molar-refractivity contribution in [1.82, 2.24) is 0 Å². The molecule has 0 unspecified atom stereocenters. The van der Waals surface area contributed by atoms with Crippen LogP contribution in [0.3, 0.4) is 0 Å². The van der Waals surface area contributed by atoms with E-state index in [9.17, 15) is 0 Å². The Morgan fingerprint density at radius 3 is 1.17 bits per heavy atom. The van der Waals surface area contributed by atoms with Crippen LogP contribution in [0.15, 0.2) is 183 Å². The minimum atomic E-state index is -0.457. The van der Waals surface area contributed by atoms with Gasteiger partial charge in [0.15, 0.2) is 0 Å². The van der Waals surface area contributed by atoms with E-state index >= 15 is 0 Å². The van der Waals surface area contributed by atoms with Gasteiger partial charge in [-0.3, -0.25) is 0 Å². The van der Waals surface area contributed by atoms with Crippen molar-refractivity contribution in [3.05, 3.63) is 233 Å². The van der Waals surface area contributed by atoms with Crippen molar-refractivity contribution in [3.63, 3.8) is 0 Å². The summed E-state index contributed by atoms with van der Waals surface area (Å²) in [6, 6.07) is 61.4. The average Bonchev–Trinajstić information content (AvgIpc) is 3.05. The van der Waals surface area contributed by atoms with Gasteiger partial charge in [0.05, 0.1) is 11.3 Å². The number of benzene rings is 6. The Morgan fingerprint density at radius 2 is 0.756 bits per heavy atom. The van der Waals surface area contributed by atoms with Crippen LogP contribution >= 0.6 is 0 Å². The molecule has 6 aromatic carbocycles. The molecule has 0 aliphatic carbocycles. The van der Waals surface area contributed by atoms with Crippen LogP contribution in [0.1, 0.15) is 44.5 Å². The second-order valence-corrected chi connectivity index (χ2v) is 10.4. The Hall–Kier alpha value is -4.94. The summed E-state index contributed by atoms with van der Waals surface area (Å²) in [5.41, 5.74) is 9.39. The molecular weight excluding hydrogens is 492 g/mol. The SMILES string of the molecule is C=CCc1ccc([C](c2ccccc2)c2ccc(C(c3ccccc3)(c3ccccc3)c3ccccc3)cc2)cc1. The van der Waals surface area contributed by atoms with Gasteiger partial charge >= 0.3 is 0 Å². The maximum atomic E-state index is 3.90. The lowest BCUT2D eigenvalue weighted by Gasteiger charge is -2.37. The molecule has 0 aromatic heterocycles. The fourth-order valence-electron chi connectivity index (χ4n) is 6.03. The highest BCUT2D eigenvalue weighted by Crippen LogP contribution is 2.45. The molecule has 0 fully saturated rings. The molecule has 0 aliphatic heterocycles. The lowest BCUT2D eigenvalue weighted by atomic mass is 9.65. The topological polar surface area (TPSA) is 0 Å². The van der Waals surface area contributed by atoms with E-state index < -0.39 is 5.41 Å². The van der Waals surface area contributed by atoms with E-state index in [0.29, 0.717) is 0 Å². The third-order valence-electron chi connectivity index (χ3n) is 7.91. The van der Waals surface area contributed by atoms with Gasteiger partial charge in [-0.05, 0) is 50.9 Å². The fourth-order valence-corrected chi connectivity index (χ4v) is 6.03. The normalized spacial score (nSPS) is 11.3. The van der Waals surface area contributed by atoms with Crippen molar-refractivity contribution < 1.29 is 0 Å². The highest BCUT2D eigenvalue weighted by Gasteiger charge is 2.38. The van der Waals surface area contributed by atoms with E-state index in [-0.39, 0.29) is 0 Å². The fraction of sp³-hybridized carbons (Fsp3) is 0.0488. The quantitative estimate of drug-likeness (QED) is 0.130. The predicted octanol–water partition coefficient (Wildman–Crippen LogP) is 9.82. The second kappa shape index (κ2) is 12.1. The third kappa shape index (κ3) is 5.17. The van der Waals surface area contributed by atoms with Gasteiger partial charge < -0.3 is 0 Å². The number of rotatable bonds is 9. The van der Waals surface area contributed by atoms with Gasteiger partial charge in [-0.15, -0.1) is 6.58 Å². The van der Waals surface area contributed by atoms with E-state index in [1.54, 1.807) is 0 Å². The zero-order chi connectivity index (χ0) is 27.9. The summed E-state index contributed by atoms with van der Waals surface area (Å²) in [4.78, 5) is 0. The van der Waals surface area contributed by atoms with Crippen molar-refractivity contribution >= 4 is 0 Å². The summed E-state index contributed by atoms with van der Waals surface area (Å²) in [6.07, 6.45) is 2.82. The third-order valence-corrected chi connectivity index (χ3v) is 7.91. The molecule has 6 aromatic rings. The van der Waals surface area contributed by atoms with Gasteiger partial charge in [0.2, 0.25) is 0 Å². The highest BCUT2D eigenvalue weighted by atomic mass is 14.4. The second-order valence-electron chi connectivity index (χ2n) is 10.4. The van der Waals surface area contributed by atoms with Gasteiger partial charge in [0, 0.05) is 0 Å². The van der Waals surface area contributed by atoms with Gasteiger partial charge in [-0.25, -0.2) is 0 Å². The zero-order valence-corrected chi connectivity index (χ0v) is 23.2. The summed E-state index contributed by atoms with van der Waals surface area (Å²) in [5.74, 6) is 1.23.